The van der Waals surface area contributed by atoms with E-state index in [1.54, 1.807) is 0 Å². The van der Waals surface area contributed by atoms with Crippen molar-refractivity contribution in [2.24, 2.45) is 5.41 Å². The van der Waals surface area contributed by atoms with Crippen LogP contribution in [0.25, 0.3) is 0 Å². The molecule has 3 nitrogen and oxygen atoms in total. The number of hydrogen-bond donors (Lipinski definition) is 2. The van der Waals surface area contributed by atoms with Gasteiger partial charge in [0, 0.05) is 22.9 Å². The normalized spacial score (nSPS) is 11.5. The zero-order valence-corrected chi connectivity index (χ0v) is 12.2. The molecule has 0 bridgehead atoms. The fourth-order valence-corrected chi connectivity index (χ4v) is 2.72. The Labute approximate surface area is 109 Å². The van der Waals surface area contributed by atoms with Crippen molar-refractivity contribution in [3.8, 4) is 0 Å². The van der Waals surface area contributed by atoms with Crippen molar-refractivity contribution in [2.45, 2.75) is 13.8 Å². The lowest BCUT2D eigenvalue weighted by Gasteiger charge is -2.24. The summed E-state index contributed by atoms with van der Waals surface area (Å²) in [7, 11) is 1.92. The fraction of sp³-hybridized carbons (Fsp3) is 0.545. The van der Waals surface area contributed by atoms with Crippen LogP contribution in [0.2, 0.25) is 0 Å². The average molecular weight is 305 g/mol. The molecule has 0 aromatic carbocycles. The van der Waals surface area contributed by atoms with Gasteiger partial charge in [0.1, 0.15) is 0 Å². The van der Waals surface area contributed by atoms with Crippen LogP contribution in [0.4, 0.5) is 0 Å². The Hall–Kier alpha value is -0.390. The minimum Gasteiger partial charge on any atom is -0.351 e. The van der Waals surface area contributed by atoms with Crippen molar-refractivity contribution in [1.82, 2.24) is 10.6 Å². The summed E-state index contributed by atoms with van der Waals surface area (Å²) in [5, 5.41) is 7.98. The van der Waals surface area contributed by atoms with Crippen LogP contribution in [0.5, 0.6) is 0 Å². The van der Waals surface area contributed by atoms with E-state index in [1.807, 2.05) is 18.5 Å². The molecule has 0 saturated carbocycles. The van der Waals surface area contributed by atoms with Crippen molar-refractivity contribution in [1.29, 1.82) is 0 Å². The molecule has 1 heterocycles. The third-order valence-corrected chi connectivity index (χ3v) is 3.86. The molecule has 1 amide bonds. The van der Waals surface area contributed by atoms with Gasteiger partial charge in [-0.1, -0.05) is 13.8 Å². The molecule has 2 N–H and O–H groups in total. The largest absolute Gasteiger partial charge is 0.351 e. The number of carbonyl (C=O) groups is 1. The van der Waals surface area contributed by atoms with Gasteiger partial charge in [-0.2, -0.15) is 0 Å². The molecule has 0 aliphatic rings. The molecule has 0 unspecified atom stereocenters. The lowest BCUT2D eigenvalue weighted by Crippen LogP contribution is -2.39. The molecule has 1 aromatic heterocycles. The van der Waals surface area contributed by atoms with Crippen LogP contribution in [0.1, 0.15) is 23.5 Å². The summed E-state index contributed by atoms with van der Waals surface area (Å²) in [5.74, 6) is -0.000113. The lowest BCUT2D eigenvalue weighted by molar-refractivity contribution is 0.0940. The van der Waals surface area contributed by atoms with Crippen LogP contribution in [0.3, 0.4) is 0 Å². The van der Waals surface area contributed by atoms with Crippen LogP contribution in [0, 0.1) is 5.41 Å². The lowest BCUT2D eigenvalue weighted by atomic mass is 9.93. The van der Waals surface area contributed by atoms with Crippen molar-refractivity contribution < 1.29 is 4.79 Å². The van der Waals surface area contributed by atoms with E-state index in [0.717, 1.165) is 15.9 Å². The Morgan fingerprint density at radius 1 is 1.50 bits per heavy atom. The third-order valence-electron chi connectivity index (χ3n) is 2.17. The first kappa shape index (κ1) is 13.7. The molecule has 0 spiro atoms. The molecule has 0 saturated heterocycles. The summed E-state index contributed by atoms with van der Waals surface area (Å²) >= 11 is 4.78. The molecule has 1 aromatic rings. The maximum atomic E-state index is 11.8. The van der Waals surface area contributed by atoms with Gasteiger partial charge in [-0.3, -0.25) is 4.79 Å². The predicted molar refractivity (Wildman–Crippen MR) is 72.1 cm³/mol. The van der Waals surface area contributed by atoms with E-state index in [-0.39, 0.29) is 11.3 Å². The second-order valence-electron chi connectivity index (χ2n) is 4.51. The molecule has 16 heavy (non-hydrogen) atoms. The number of amides is 1. The number of rotatable bonds is 5. The van der Waals surface area contributed by atoms with Gasteiger partial charge < -0.3 is 10.6 Å². The van der Waals surface area contributed by atoms with Crippen molar-refractivity contribution in [2.75, 3.05) is 20.1 Å². The number of hydrogen-bond acceptors (Lipinski definition) is 3. The summed E-state index contributed by atoms with van der Waals surface area (Å²) in [6.07, 6.45) is 0. The summed E-state index contributed by atoms with van der Waals surface area (Å²) in [4.78, 5) is 12.5. The van der Waals surface area contributed by atoms with Gasteiger partial charge in [0.2, 0.25) is 0 Å². The molecule has 0 atom stereocenters. The van der Waals surface area contributed by atoms with Crippen LogP contribution in [-0.2, 0) is 0 Å². The average Bonchev–Trinajstić information content (AvgIpc) is 2.61. The van der Waals surface area contributed by atoms with E-state index in [1.165, 1.54) is 11.3 Å². The van der Waals surface area contributed by atoms with Gasteiger partial charge in [-0.15, -0.1) is 11.3 Å². The third kappa shape index (κ3) is 4.23. The number of thiophene rings is 1. The molecule has 0 fully saturated rings. The van der Waals surface area contributed by atoms with Crippen molar-refractivity contribution in [3.05, 3.63) is 20.8 Å². The van der Waals surface area contributed by atoms with Crippen LogP contribution in [0.15, 0.2) is 15.9 Å². The van der Waals surface area contributed by atoms with Crippen molar-refractivity contribution in [3.63, 3.8) is 0 Å². The Balaban J connectivity index is 2.47. The number of nitrogens with one attached hydrogen (secondary N) is 2. The van der Waals surface area contributed by atoms with Gasteiger partial charge in [0.05, 0.1) is 4.88 Å². The van der Waals surface area contributed by atoms with Crippen LogP contribution < -0.4 is 10.6 Å². The fourth-order valence-electron chi connectivity index (χ4n) is 1.38. The zero-order chi connectivity index (χ0) is 12.2. The predicted octanol–water partition coefficient (Wildman–Crippen LogP) is 2.49. The number of carbonyl (C=O) groups excluding carboxylic acids is 1. The van der Waals surface area contributed by atoms with Crippen LogP contribution in [-0.4, -0.2) is 26.0 Å². The summed E-state index contributed by atoms with van der Waals surface area (Å²) in [6, 6.07) is 1.84. The van der Waals surface area contributed by atoms with E-state index in [9.17, 15) is 4.79 Å². The highest BCUT2D eigenvalue weighted by Gasteiger charge is 2.18. The topological polar surface area (TPSA) is 41.1 Å². The molecular weight excluding hydrogens is 288 g/mol. The minimum absolute atomic E-state index is 0.000113. The van der Waals surface area contributed by atoms with E-state index in [2.05, 4.69) is 40.4 Å². The standard InChI is InChI=1S/C11H17BrN2OS/c1-11(2,6-13-3)7-14-10(15)9-4-8(12)5-16-9/h4-5,13H,6-7H2,1-3H3,(H,14,15). The van der Waals surface area contributed by atoms with Gasteiger partial charge in [0.25, 0.3) is 5.91 Å². The monoisotopic (exact) mass is 304 g/mol. The minimum atomic E-state index is -0.000113. The molecule has 0 aliphatic carbocycles. The first-order valence-electron chi connectivity index (χ1n) is 5.11. The molecule has 90 valence electrons. The van der Waals surface area contributed by atoms with Crippen molar-refractivity contribution >= 4 is 33.2 Å². The first-order chi connectivity index (χ1) is 7.44. The van der Waals surface area contributed by atoms with Gasteiger partial charge in [-0.05, 0) is 34.5 Å². The maximum Gasteiger partial charge on any atom is 0.261 e. The highest BCUT2D eigenvalue weighted by atomic mass is 79.9. The Bertz CT molecular complexity index is 363. The van der Waals surface area contributed by atoms with E-state index in [0.29, 0.717) is 6.54 Å². The van der Waals surface area contributed by atoms with Crippen LogP contribution >= 0.6 is 27.3 Å². The Morgan fingerprint density at radius 3 is 2.69 bits per heavy atom. The van der Waals surface area contributed by atoms with Gasteiger partial charge >= 0.3 is 0 Å². The summed E-state index contributed by atoms with van der Waals surface area (Å²) < 4.78 is 0.956. The molecule has 0 aliphatic heterocycles. The van der Waals surface area contributed by atoms with E-state index in [4.69, 9.17) is 0 Å². The highest BCUT2D eigenvalue weighted by Crippen LogP contribution is 2.20. The van der Waals surface area contributed by atoms with E-state index < -0.39 is 0 Å². The first-order valence-corrected chi connectivity index (χ1v) is 6.79. The van der Waals surface area contributed by atoms with E-state index >= 15 is 0 Å². The van der Waals surface area contributed by atoms with Gasteiger partial charge in [0.15, 0.2) is 0 Å². The quantitative estimate of drug-likeness (QED) is 0.877. The molecule has 0 radical (unpaired) electrons. The Morgan fingerprint density at radius 2 is 2.19 bits per heavy atom. The number of halogens is 1. The summed E-state index contributed by atoms with van der Waals surface area (Å²) in [6.45, 7) is 5.78. The second kappa shape index (κ2) is 5.80. The Kier molecular flexibility index (Phi) is 4.95. The maximum absolute atomic E-state index is 11.8. The highest BCUT2D eigenvalue weighted by molar-refractivity contribution is 9.10. The molecule has 1 rings (SSSR count). The van der Waals surface area contributed by atoms with Gasteiger partial charge in [-0.25, -0.2) is 0 Å². The smallest absolute Gasteiger partial charge is 0.261 e. The SMILES string of the molecule is CNCC(C)(C)CNC(=O)c1cc(Br)cs1. The molecule has 5 heteroatoms. The summed E-state index contributed by atoms with van der Waals surface area (Å²) in [5.41, 5.74) is 0.0684. The molecular formula is C11H17BrN2OS. The zero-order valence-electron chi connectivity index (χ0n) is 9.76. The second-order valence-corrected chi connectivity index (χ2v) is 6.33.